The van der Waals surface area contributed by atoms with E-state index in [1.165, 1.54) is 29.9 Å². The second-order valence-electron chi connectivity index (χ2n) is 4.35. The molecule has 0 fully saturated rings. The van der Waals surface area contributed by atoms with Crippen LogP contribution in [0.2, 0.25) is 0 Å². The van der Waals surface area contributed by atoms with Crippen LogP contribution in [0.25, 0.3) is 0 Å². The quantitative estimate of drug-likeness (QED) is 0.919. The van der Waals surface area contributed by atoms with Crippen molar-refractivity contribution in [2.45, 2.75) is 13.5 Å². The fraction of sp³-hybridized carbons (Fsp3) is 0.214. The van der Waals surface area contributed by atoms with E-state index in [0.29, 0.717) is 11.3 Å². The monoisotopic (exact) mass is 262 g/mol. The van der Waals surface area contributed by atoms with E-state index in [9.17, 15) is 9.18 Å². The summed E-state index contributed by atoms with van der Waals surface area (Å²) in [4.78, 5) is 11.8. The number of anilines is 1. The summed E-state index contributed by atoms with van der Waals surface area (Å²) in [6, 6.07) is 6.06. The van der Waals surface area contributed by atoms with Crippen LogP contribution in [0, 0.1) is 12.7 Å². The molecule has 0 aliphatic rings. The Kier molecular flexibility index (Phi) is 3.55. The molecule has 0 saturated carbocycles. The number of methoxy groups -OCH3 is 1. The number of rotatable bonds is 3. The van der Waals surface area contributed by atoms with Gasteiger partial charge < -0.3 is 15.0 Å². The first kappa shape index (κ1) is 13.1. The maximum Gasteiger partial charge on any atom is 0.251 e. The number of halogens is 1. The summed E-state index contributed by atoms with van der Waals surface area (Å²) in [6.07, 6.45) is 1.57. The van der Waals surface area contributed by atoms with Gasteiger partial charge >= 0.3 is 0 Å². The van der Waals surface area contributed by atoms with Crippen LogP contribution in [0.5, 0.6) is 5.75 Å². The highest BCUT2D eigenvalue weighted by atomic mass is 19.1. The molecular weight excluding hydrogens is 247 g/mol. The van der Waals surface area contributed by atoms with Crippen LogP contribution in [0.1, 0.15) is 11.1 Å². The lowest BCUT2D eigenvalue weighted by Gasteiger charge is -2.09. The second kappa shape index (κ2) is 5.14. The number of nitrogen functional groups attached to an aromatic ring is 1. The Bertz CT molecular complexity index is 665. The van der Waals surface area contributed by atoms with Gasteiger partial charge in [-0.05, 0) is 30.2 Å². The molecular formula is C14H15FN2O2. The number of hydrogen-bond acceptors (Lipinski definition) is 3. The highest BCUT2D eigenvalue weighted by Gasteiger charge is 2.06. The summed E-state index contributed by atoms with van der Waals surface area (Å²) in [6.45, 7) is 2.04. The lowest BCUT2D eigenvalue weighted by molar-refractivity contribution is 0.386. The SMILES string of the molecule is COc1ccc(Cn2cc(N)c(C)cc2=O)cc1F. The molecule has 0 aliphatic carbocycles. The van der Waals surface area contributed by atoms with Gasteiger partial charge in [0, 0.05) is 12.3 Å². The molecule has 2 aromatic rings. The van der Waals surface area contributed by atoms with E-state index in [-0.39, 0.29) is 17.9 Å². The van der Waals surface area contributed by atoms with Crippen molar-refractivity contribution in [3.8, 4) is 5.75 Å². The first-order chi connectivity index (χ1) is 9.01. The van der Waals surface area contributed by atoms with Gasteiger partial charge in [0.2, 0.25) is 0 Å². The van der Waals surface area contributed by atoms with E-state index in [4.69, 9.17) is 10.5 Å². The molecule has 0 bridgehead atoms. The molecule has 2 N–H and O–H groups in total. The molecule has 0 saturated heterocycles. The molecule has 100 valence electrons. The van der Waals surface area contributed by atoms with Crippen molar-refractivity contribution in [3.63, 3.8) is 0 Å². The first-order valence-corrected chi connectivity index (χ1v) is 5.80. The Morgan fingerprint density at radius 1 is 1.37 bits per heavy atom. The zero-order valence-electron chi connectivity index (χ0n) is 10.8. The molecule has 1 aromatic heterocycles. The van der Waals surface area contributed by atoms with Gasteiger partial charge in [-0.2, -0.15) is 0 Å². The van der Waals surface area contributed by atoms with Crippen LogP contribution in [-0.4, -0.2) is 11.7 Å². The average Bonchev–Trinajstić information content (AvgIpc) is 2.36. The zero-order valence-corrected chi connectivity index (χ0v) is 10.8. The minimum Gasteiger partial charge on any atom is -0.494 e. The highest BCUT2D eigenvalue weighted by Crippen LogP contribution is 2.18. The number of nitrogens with zero attached hydrogens (tertiary/aromatic N) is 1. The summed E-state index contributed by atoms with van der Waals surface area (Å²) in [5.74, 6) is -0.271. The molecule has 0 amide bonds. The molecule has 2 rings (SSSR count). The van der Waals surface area contributed by atoms with Gasteiger partial charge in [0.1, 0.15) is 0 Å². The number of ether oxygens (including phenoxy) is 1. The Balaban J connectivity index is 2.34. The average molecular weight is 262 g/mol. The Labute approximate surface area is 110 Å². The van der Waals surface area contributed by atoms with Crippen molar-refractivity contribution in [2.75, 3.05) is 12.8 Å². The predicted octanol–water partition coefficient (Wildman–Crippen LogP) is 1.93. The third-order valence-electron chi connectivity index (χ3n) is 2.94. The number of benzene rings is 1. The normalized spacial score (nSPS) is 10.5. The van der Waals surface area contributed by atoms with Gasteiger partial charge in [0.15, 0.2) is 11.6 Å². The van der Waals surface area contributed by atoms with Crippen LogP contribution in [-0.2, 0) is 6.54 Å². The lowest BCUT2D eigenvalue weighted by Crippen LogP contribution is -2.20. The predicted molar refractivity (Wildman–Crippen MR) is 71.9 cm³/mol. The van der Waals surface area contributed by atoms with Crippen molar-refractivity contribution in [2.24, 2.45) is 0 Å². The fourth-order valence-electron chi connectivity index (χ4n) is 1.81. The van der Waals surface area contributed by atoms with Crippen molar-refractivity contribution < 1.29 is 9.13 Å². The summed E-state index contributed by atoms with van der Waals surface area (Å²) in [7, 11) is 1.41. The lowest BCUT2D eigenvalue weighted by atomic mass is 10.2. The molecule has 1 heterocycles. The molecule has 19 heavy (non-hydrogen) atoms. The summed E-state index contributed by atoms with van der Waals surface area (Å²) >= 11 is 0. The number of pyridine rings is 1. The van der Waals surface area contributed by atoms with Crippen molar-refractivity contribution in [1.82, 2.24) is 4.57 Å². The van der Waals surface area contributed by atoms with Crippen LogP contribution < -0.4 is 16.0 Å². The van der Waals surface area contributed by atoms with Gasteiger partial charge in [-0.1, -0.05) is 6.07 Å². The molecule has 0 radical (unpaired) electrons. The third kappa shape index (κ3) is 2.76. The van der Waals surface area contributed by atoms with E-state index < -0.39 is 5.82 Å². The number of aromatic nitrogens is 1. The smallest absolute Gasteiger partial charge is 0.251 e. The minimum absolute atomic E-state index is 0.164. The highest BCUT2D eigenvalue weighted by molar-refractivity contribution is 5.43. The van der Waals surface area contributed by atoms with Gasteiger partial charge in [-0.15, -0.1) is 0 Å². The number of aryl methyl sites for hydroxylation is 1. The van der Waals surface area contributed by atoms with Crippen LogP contribution >= 0.6 is 0 Å². The standard InChI is InChI=1S/C14H15FN2O2/c1-9-5-14(18)17(8-12(9)16)7-10-3-4-13(19-2)11(15)6-10/h3-6,8H,7,16H2,1-2H3. The zero-order chi connectivity index (χ0) is 14.0. The molecule has 0 aliphatic heterocycles. The van der Waals surface area contributed by atoms with Gasteiger partial charge in [-0.3, -0.25) is 4.79 Å². The second-order valence-corrected chi connectivity index (χ2v) is 4.35. The first-order valence-electron chi connectivity index (χ1n) is 5.80. The molecule has 0 atom stereocenters. The molecule has 4 nitrogen and oxygen atoms in total. The third-order valence-corrected chi connectivity index (χ3v) is 2.94. The van der Waals surface area contributed by atoms with Crippen LogP contribution in [0.15, 0.2) is 35.3 Å². The molecule has 1 aromatic carbocycles. The van der Waals surface area contributed by atoms with E-state index in [1.807, 2.05) is 0 Å². The van der Waals surface area contributed by atoms with Crippen molar-refractivity contribution in [1.29, 1.82) is 0 Å². The van der Waals surface area contributed by atoms with E-state index in [0.717, 1.165) is 5.56 Å². The van der Waals surface area contributed by atoms with E-state index >= 15 is 0 Å². The minimum atomic E-state index is -0.451. The van der Waals surface area contributed by atoms with Crippen molar-refractivity contribution in [3.05, 3.63) is 57.8 Å². The van der Waals surface area contributed by atoms with Crippen molar-refractivity contribution >= 4 is 5.69 Å². The summed E-state index contributed by atoms with van der Waals surface area (Å²) in [5.41, 5.74) is 7.54. The molecule has 5 heteroatoms. The maximum atomic E-state index is 13.6. The fourth-order valence-corrected chi connectivity index (χ4v) is 1.81. The Hall–Kier alpha value is -2.30. The van der Waals surface area contributed by atoms with Crippen LogP contribution in [0.3, 0.4) is 0 Å². The van der Waals surface area contributed by atoms with Gasteiger partial charge in [-0.25, -0.2) is 4.39 Å². The summed E-state index contributed by atoms with van der Waals surface area (Å²) in [5, 5.41) is 0. The number of nitrogens with two attached hydrogens (primary N) is 1. The van der Waals surface area contributed by atoms with Gasteiger partial charge in [0.05, 0.1) is 19.3 Å². The molecule has 0 spiro atoms. The molecule has 0 unspecified atom stereocenters. The van der Waals surface area contributed by atoms with Gasteiger partial charge in [0.25, 0.3) is 5.56 Å². The number of hydrogen-bond donors (Lipinski definition) is 1. The Morgan fingerprint density at radius 2 is 2.11 bits per heavy atom. The Morgan fingerprint density at radius 3 is 2.74 bits per heavy atom. The largest absolute Gasteiger partial charge is 0.494 e. The van der Waals surface area contributed by atoms with Crippen LogP contribution in [0.4, 0.5) is 10.1 Å². The van der Waals surface area contributed by atoms with E-state index in [2.05, 4.69) is 0 Å². The van der Waals surface area contributed by atoms with E-state index in [1.54, 1.807) is 19.2 Å². The maximum absolute atomic E-state index is 13.6. The topological polar surface area (TPSA) is 57.2 Å². The summed E-state index contributed by atoms with van der Waals surface area (Å²) < 4.78 is 19.9.